The molecule has 1 aliphatic rings. The van der Waals surface area contributed by atoms with Gasteiger partial charge in [0.25, 0.3) is 0 Å². The molecule has 1 saturated carbocycles. The van der Waals surface area contributed by atoms with Crippen LogP contribution in [0.3, 0.4) is 0 Å². The molecule has 0 saturated heterocycles. The van der Waals surface area contributed by atoms with Gasteiger partial charge in [0.1, 0.15) is 0 Å². The van der Waals surface area contributed by atoms with Crippen molar-refractivity contribution in [2.75, 3.05) is 26.8 Å². The van der Waals surface area contributed by atoms with E-state index in [0.29, 0.717) is 0 Å². The number of methoxy groups -OCH3 is 1. The standard InChI is InChI=1S/C14H20ClNO/c1-10-7-12(15)3-4-13(10)14-8-11(14)9-16-5-6-17-2/h3-4,7,11,14,16H,5-6,8-9H2,1-2H3. The van der Waals surface area contributed by atoms with E-state index in [4.69, 9.17) is 16.3 Å². The van der Waals surface area contributed by atoms with Crippen LogP contribution in [0, 0.1) is 12.8 Å². The van der Waals surface area contributed by atoms with Gasteiger partial charge in [-0.25, -0.2) is 0 Å². The van der Waals surface area contributed by atoms with Crippen LogP contribution in [-0.4, -0.2) is 26.8 Å². The van der Waals surface area contributed by atoms with Crippen molar-refractivity contribution in [3.05, 3.63) is 34.3 Å². The molecule has 0 amide bonds. The number of hydrogen-bond acceptors (Lipinski definition) is 2. The highest BCUT2D eigenvalue weighted by atomic mass is 35.5. The molecule has 0 heterocycles. The molecule has 0 spiro atoms. The Morgan fingerprint density at radius 2 is 2.29 bits per heavy atom. The zero-order valence-electron chi connectivity index (χ0n) is 10.5. The van der Waals surface area contributed by atoms with Crippen LogP contribution in [0.25, 0.3) is 0 Å². The summed E-state index contributed by atoms with van der Waals surface area (Å²) >= 11 is 5.97. The van der Waals surface area contributed by atoms with Gasteiger partial charge in [-0.2, -0.15) is 0 Å². The highest BCUT2D eigenvalue weighted by Crippen LogP contribution is 2.48. The minimum absolute atomic E-state index is 0.724. The Morgan fingerprint density at radius 1 is 1.47 bits per heavy atom. The average Bonchev–Trinajstić information content (AvgIpc) is 3.04. The number of hydrogen-bond donors (Lipinski definition) is 1. The van der Waals surface area contributed by atoms with E-state index in [1.165, 1.54) is 17.5 Å². The van der Waals surface area contributed by atoms with Gasteiger partial charge in [0.2, 0.25) is 0 Å². The summed E-state index contributed by atoms with van der Waals surface area (Å²) in [6, 6.07) is 6.24. The van der Waals surface area contributed by atoms with Gasteiger partial charge in [-0.05, 0) is 55.0 Å². The van der Waals surface area contributed by atoms with Crippen LogP contribution < -0.4 is 5.32 Å². The molecule has 2 nitrogen and oxygen atoms in total. The molecular weight excluding hydrogens is 234 g/mol. The van der Waals surface area contributed by atoms with Crippen molar-refractivity contribution in [3.63, 3.8) is 0 Å². The van der Waals surface area contributed by atoms with E-state index in [0.717, 1.165) is 36.6 Å². The van der Waals surface area contributed by atoms with E-state index in [-0.39, 0.29) is 0 Å². The van der Waals surface area contributed by atoms with Gasteiger partial charge < -0.3 is 10.1 Å². The molecule has 94 valence electrons. The van der Waals surface area contributed by atoms with E-state index < -0.39 is 0 Å². The van der Waals surface area contributed by atoms with E-state index in [1.54, 1.807) is 7.11 Å². The van der Waals surface area contributed by atoms with Crippen LogP contribution in [0.2, 0.25) is 5.02 Å². The molecule has 1 aromatic rings. The van der Waals surface area contributed by atoms with Crippen LogP contribution in [0.15, 0.2) is 18.2 Å². The van der Waals surface area contributed by atoms with Crippen LogP contribution in [0.1, 0.15) is 23.5 Å². The summed E-state index contributed by atoms with van der Waals surface area (Å²) in [6.07, 6.45) is 1.29. The molecule has 0 radical (unpaired) electrons. The van der Waals surface area contributed by atoms with Crippen LogP contribution in [0.4, 0.5) is 0 Å². The minimum atomic E-state index is 0.724. The maximum atomic E-state index is 5.97. The van der Waals surface area contributed by atoms with E-state index in [1.807, 2.05) is 6.07 Å². The van der Waals surface area contributed by atoms with Gasteiger partial charge in [-0.1, -0.05) is 17.7 Å². The molecule has 2 unspecified atom stereocenters. The van der Waals surface area contributed by atoms with Crippen molar-refractivity contribution in [1.82, 2.24) is 5.32 Å². The van der Waals surface area contributed by atoms with E-state index in [9.17, 15) is 0 Å². The fourth-order valence-electron chi connectivity index (χ4n) is 2.37. The fraction of sp³-hybridized carbons (Fsp3) is 0.571. The monoisotopic (exact) mass is 253 g/mol. The Kier molecular flexibility index (Phi) is 4.43. The van der Waals surface area contributed by atoms with Crippen molar-refractivity contribution in [2.45, 2.75) is 19.3 Å². The lowest BCUT2D eigenvalue weighted by Crippen LogP contribution is -2.21. The number of ether oxygens (including phenoxy) is 1. The summed E-state index contributed by atoms with van der Waals surface area (Å²) in [6.45, 7) is 4.97. The second kappa shape index (κ2) is 5.85. The van der Waals surface area contributed by atoms with Crippen molar-refractivity contribution in [2.24, 2.45) is 5.92 Å². The number of benzene rings is 1. The first kappa shape index (κ1) is 12.9. The molecule has 17 heavy (non-hydrogen) atoms. The predicted molar refractivity (Wildman–Crippen MR) is 71.8 cm³/mol. The Hall–Kier alpha value is -0.570. The van der Waals surface area contributed by atoms with Crippen molar-refractivity contribution in [3.8, 4) is 0 Å². The zero-order valence-corrected chi connectivity index (χ0v) is 11.3. The summed E-state index contributed by atoms with van der Waals surface area (Å²) in [4.78, 5) is 0. The SMILES string of the molecule is COCCNCC1CC1c1ccc(Cl)cc1C. The number of nitrogens with one attached hydrogen (secondary N) is 1. The Bertz CT molecular complexity index is 380. The summed E-state index contributed by atoms with van der Waals surface area (Å²) in [5.41, 5.74) is 2.79. The zero-order chi connectivity index (χ0) is 12.3. The molecule has 0 bridgehead atoms. The van der Waals surface area contributed by atoms with Gasteiger partial charge in [-0.15, -0.1) is 0 Å². The second-order valence-corrected chi connectivity index (χ2v) is 5.24. The van der Waals surface area contributed by atoms with Gasteiger partial charge in [0.05, 0.1) is 6.61 Å². The lowest BCUT2D eigenvalue weighted by Gasteiger charge is -2.06. The van der Waals surface area contributed by atoms with Crippen molar-refractivity contribution in [1.29, 1.82) is 0 Å². The molecule has 2 atom stereocenters. The highest BCUT2D eigenvalue weighted by molar-refractivity contribution is 6.30. The molecule has 1 aromatic carbocycles. The maximum Gasteiger partial charge on any atom is 0.0587 e. The Balaban J connectivity index is 1.81. The average molecular weight is 254 g/mol. The predicted octanol–water partition coefficient (Wildman–Crippen LogP) is 2.99. The van der Waals surface area contributed by atoms with E-state index in [2.05, 4.69) is 24.4 Å². The van der Waals surface area contributed by atoms with Crippen LogP contribution >= 0.6 is 11.6 Å². The first-order valence-electron chi connectivity index (χ1n) is 6.18. The fourth-order valence-corrected chi connectivity index (χ4v) is 2.60. The van der Waals surface area contributed by atoms with Gasteiger partial charge in [-0.3, -0.25) is 0 Å². The summed E-state index contributed by atoms with van der Waals surface area (Å²) in [7, 11) is 1.73. The molecule has 2 rings (SSSR count). The summed E-state index contributed by atoms with van der Waals surface area (Å²) in [5, 5.41) is 4.26. The van der Waals surface area contributed by atoms with Gasteiger partial charge in [0.15, 0.2) is 0 Å². The van der Waals surface area contributed by atoms with Crippen LogP contribution in [-0.2, 0) is 4.74 Å². The minimum Gasteiger partial charge on any atom is -0.383 e. The van der Waals surface area contributed by atoms with Gasteiger partial charge in [0, 0.05) is 18.7 Å². The van der Waals surface area contributed by atoms with Crippen LogP contribution in [0.5, 0.6) is 0 Å². The quantitative estimate of drug-likeness (QED) is 0.787. The van der Waals surface area contributed by atoms with Crippen molar-refractivity contribution < 1.29 is 4.74 Å². The third-order valence-electron chi connectivity index (χ3n) is 3.44. The lowest BCUT2D eigenvalue weighted by molar-refractivity contribution is 0.199. The second-order valence-electron chi connectivity index (χ2n) is 4.80. The van der Waals surface area contributed by atoms with Crippen molar-refractivity contribution >= 4 is 11.6 Å². The molecule has 1 fully saturated rings. The maximum absolute atomic E-state index is 5.97. The first-order chi connectivity index (χ1) is 8.22. The Labute approximate surface area is 108 Å². The normalized spacial score (nSPS) is 22.8. The summed E-state index contributed by atoms with van der Waals surface area (Å²) < 4.78 is 5.01. The first-order valence-corrected chi connectivity index (χ1v) is 6.56. The number of rotatable bonds is 6. The smallest absolute Gasteiger partial charge is 0.0587 e. The van der Waals surface area contributed by atoms with E-state index >= 15 is 0 Å². The molecule has 0 aromatic heterocycles. The third kappa shape index (κ3) is 3.44. The highest BCUT2D eigenvalue weighted by Gasteiger charge is 2.38. The molecular formula is C14H20ClNO. The van der Waals surface area contributed by atoms with Gasteiger partial charge >= 0.3 is 0 Å². The molecule has 1 N–H and O–H groups in total. The summed E-state index contributed by atoms with van der Waals surface area (Å²) in [5.74, 6) is 1.51. The Morgan fingerprint density at radius 3 is 3.00 bits per heavy atom. The molecule has 1 aliphatic carbocycles. The number of aryl methyl sites for hydroxylation is 1. The molecule has 3 heteroatoms. The largest absolute Gasteiger partial charge is 0.383 e. The third-order valence-corrected chi connectivity index (χ3v) is 3.68. The molecule has 0 aliphatic heterocycles. The number of halogens is 1. The lowest BCUT2D eigenvalue weighted by atomic mass is 10.0. The topological polar surface area (TPSA) is 21.3 Å².